The van der Waals surface area contributed by atoms with Gasteiger partial charge in [0.25, 0.3) is 0 Å². The lowest BCUT2D eigenvalue weighted by molar-refractivity contribution is -0.134. The van der Waals surface area contributed by atoms with Crippen molar-refractivity contribution in [1.29, 1.82) is 0 Å². The van der Waals surface area contributed by atoms with E-state index in [0.717, 1.165) is 30.5 Å². The number of carbonyl (C=O) groups excluding carboxylic acids is 1. The van der Waals surface area contributed by atoms with Gasteiger partial charge < -0.3 is 15.0 Å². The molecule has 1 aliphatic carbocycles. The Kier molecular flexibility index (Phi) is 5.09. The zero-order chi connectivity index (χ0) is 17.9. The number of amides is 1. The number of para-hydroxylation sites is 1. The van der Waals surface area contributed by atoms with Crippen LogP contribution in [0.25, 0.3) is 10.9 Å². The number of aromatic amines is 1. The quantitative estimate of drug-likeness (QED) is 0.689. The van der Waals surface area contributed by atoms with E-state index in [4.69, 9.17) is 0 Å². The molecule has 2 N–H and O–H groups in total. The topological polar surface area (TPSA) is 56.3 Å². The fourth-order valence-electron chi connectivity index (χ4n) is 4.00. The van der Waals surface area contributed by atoms with Gasteiger partial charge in [-0.3, -0.25) is 4.79 Å². The van der Waals surface area contributed by atoms with Gasteiger partial charge in [0.05, 0.1) is 12.5 Å². The number of aliphatic hydroxyl groups excluding tert-OH is 1. The minimum Gasteiger partial charge on any atom is -0.396 e. The summed E-state index contributed by atoms with van der Waals surface area (Å²) in [6.45, 7) is 1.33. The van der Waals surface area contributed by atoms with Gasteiger partial charge in [-0.05, 0) is 48.8 Å². The third-order valence-electron chi connectivity index (χ3n) is 5.24. The maximum atomic E-state index is 13.4. The van der Waals surface area contributed by atoms with E-state index in [1.807, 2.05) is 22.4 Å². The fraction of sp³-hybridized carbons (Fsp3) is 0.381. The van der Waals surface area contributed by atoms with Gasteiger partial charge in [0, 0.05) is 34.6 Å². The third-order valence-corrected chi connectivity index (χ3v) is 6.10. The Hall–Kier alpha value is -2.11. The van der Waals surface area contributed by atoms with Crippen molar-refractivity contribution in [2.24, 2.45) is 0 Å². The zero-order valence-electron chi connectivity index (χ0n) is 14.8. The predicted molar refractivity (Wildman–Crippen MR) is 105 cm³/mol. The van der Waals surface area contributed by atoms with Gasteiger partial charge in [0.1, 0.15) is 0 Å². The van der Waals surface area contributed by atoms with Crippen LogP contribution >= 0.6 is 11.3 Å². The Morgan fingerprint density at radius 2 is 2.15 bits per heavy atom. The van der Waals surface area contributed by atoms with Crippen molar-refractivity contribution >= 4 is 28.1 Å². The lowest BCUT2D eigenvalue weighted by Gasteiger charge is -2.29. The molecule has 3 aromatic rings. The van der Waals surface area contributed by atoms with Crippen molar-refractivity contribution in [1.82, 2.24) is 9.88 Å². The average molecular weight is 369 g/mol. The number of hydrogen-bond acceptors (Lipinski definition) is 3. The maximum Gasteiger partial charge on any atom is 0.231 e. The molecule has 1 aromatic carbocycles. The molecule has 0 aliphatic heterocycles. The van der Waals surface area contributed by atoms with Crippen LogP contribution in [0, 0.1) is 0 Å². The molecule has 5 heteroatoms. The second-order valence-electron chi connectivity index (χ2n) is 6.92. The molecule has 0 saturated heterocycles. The molecular weight excluding hydrogens is 344 g/mol. The highest BCUT2D eigenvalue weighted by atomic mass is 32.1. The number of aliphatic hydroxyl groups is 1. The van der Waals surface area contributed by atoms with Gasteiger partial charge in [-0.15, -0.1) is 11.3 Å². The molecule has 136 valence electrons. The van der Waals surface area contributed by atoms with Crippen LogP contribution in [0.5, 0.6) is 0 Å². The molecule has 0 spiro atoms. The first-order valence-electron chi connectivity index (χ1n) is 9.29. The summed E-state index contributed by atoms with van der Waals surface area (Å²) < 4.78 is 0. The van der Waals surface area contributed by atoms with Crippen molar-refractivity contribution in [2.45, 2.75) is 38.1 Å². The van der Waals surface area contributed by atoms with E-state index in [1.54, 1.807) is 11.3 Å². The van der Waals surface area contributed by atoms with Gasteiger partial charge in [-0.2, -0.15) is 0 Å². The van der Waals surface area contributed by atoms with E-state index >= 15 is 0 Å². The van der Waals surface area contributed by atoms with Crippen LogP contribution in [0.1, 0.15) is 41.3 Å². The first-order valence-corrected chi connectivity index (χ1v) is 10.2. The van der Waals surface area contributed by atoms with E-state index in [0.29, 0.717) is 19.5 Å². The number of carbonyl (C=O) groups is 1. The summed E-state index contributed by atoms with van der Waals surface area (Å²) in [6.07, 6.45) is 3.57. The summed E-state index contributed by atoms with van der Waals surface area (Å²) in [5.74, 6) is 0.0733. The third kappa shape index (κ3) is 3.29. The van der Waals surface area contributed by atoms with Crippen molar-refractivity contribution < 1.29 is 9.90 Å². The van der Waals surface area contributed by atoms with Gasteiger partial charge in [-0.25, -0.2) is 0 Å². The molecule has 1 aliphatic rings. The standard InChI is InChI=1S/C21H24N2O2S/c24-12-5-11-23(14-15-6-4-13-26-15)21(25)18-9-3-8-17-16-7-1-2-10-19(16)22-20(17)18/h1-2,4,6-7,10,13,18,22,24H,3,5,8-9,11-12,14H2. The number of thiophene rings is 1. The van der Waals surface area contributed by atoms with E-state index in [-0.39, 0.29) is 18.4 Å². The number of rotatable bonds is 6. The number of H-pyrrole nitrogens is 1. The van der Waals surface area contributed by atoms with Crippen molar-refractivity contribution in [3.8, 4) is 0 Å². The van der Waals surface area contributed by atoms with Crippen molar-refractivity contribution in [3.05, 3.63) is 57.9 Å². The number of benzene rings is 1. The smallest absolute Gasteiger partial charge is 0.231 e. The Morgan fingerprint density at radius 3 is 2.96 bits per heavy atom. The summed E-state index contributed by atoms with van der Waals surface area (Å²) in [6, 6.07) is 12.4. The van der Waals surface area contributed by atoms with E-state index in [9.17, 15) is 9.90 Å². The molecule has 1 atom stereocenters. The largest absolute Gasteiger partial charge is 0.396 e. The predicted octanol–water partition coefficient (Wildman–Crippen LogP) is 4.06. The number of aryl methyl sites for hydroxylation is 1. The maximum absolute atomic E-state index is 13.4. The van der Waals surface area contributed by atoms with Crippen LogP contribution in [0.2, 0.25) is 0 Å². The summed E-state index contributed by atoms with van der Waals surface area (Å²) in [7, 11) is 0. The van der Waals surface area contributed by atoms with Crippen LogP contribution < -0.4 is 0 Å². The average Bonchev–Trinajstić information content (AvgIpc) is 3.31. The Bertz CT molecular complexity index is 885. The minimum atomic E-state index is -0.107. The lowest BCUT2D eigenvalue weighted by Crippen LogP contribution is -2.37. The van der Waals surface area contributed by atoms with Crippen LogP contribution in [-0.2, 0) is 17.8 Å². The Morgan fingerprint density at radius 1 is 1.27 bits per heavy atom. The molecule has 26 heavy (non-hydrogen) atoms. The van der Waals surface area contributed by atoms with Crippen LogP contribution in [0.3, 0.4) is 0 Å². The molecule has 4 nitrogen and oxygen atoms in total. The molecule has 0 fully saturated rings. The molecule has 4 rings (SSSR count). The Labute approximate surface area is 157 Å². The van der Waals surface area contributed by atoms with Gasteiger partial charge in [-0.1, -0.05) is 24.3 Å². The van der Waals surface area contributed by atoms with Crippen molar-refractivity contribution in [3.63, 3.8) is 0 Å². The van der Waals surface area contributed by atoms with Crippen LogP contribution in [0.15, 0.2) is 41.8 Å². The highest BCUT2D eigenvalue weighted by molar-refractivity contribution is 7.09. The summed E-state index contributed by atoms with van der Waals surface area (Å²) in [5, 5.41) is 12.5. The number of nitrogens with one attached hydrogen (secondary N) is 1. The van der Waals surface area contributed by atoms with E-state index in [1.165, 1.54) is 15.8 Å². The second kappa shape index (κ2) is 7.64. The minimum absolute atomic E-state index is 0.107. The number of fused-ring (bicyclic) bond motifs is 3. The van der Waals surface area contributed by atoms with Gasteiger partial charge in [0.2, 0.25) is 5.91 Å². The number of nitrogens with zero attached hydrogens (tertiary/aromatic N) is 1. The second-order valence-corrected chi connectivity index (χ2v) is 7.96. The summed E-state index contributed by atoms with van der Waals surface area (Å²) in [5.41, 5.74) is 3.53. The zero-order valence-corrected chi connectivity index (χ0v) is 15.6. The molecule has 2 heterocycles. The molecule has 0 bridgehead atoms. The molecule has 1 amide bonds. The Balaban J connectivity index is 1.64. The lowest BCUT2D eigenvalue weighted by atomic mass is 9.85. The monoisotopic (exact) mass is 368 g/mol. The summed E-state index contributed by atoms with van der Waals surface area (Å²) in [4.78, 5) is 20.0. The molecule has 1 unspecified atom stereocenters. The van der Waals surface area contributed by atoms with Crippen LogP contribution in [0.4, 0.5) is 0 Å². The molecule has 0 radical (unpaired) electrons. The number of aromatic nitrogens is 1. The van der Waals surface area contributed by atoms with Crippen molar-refractivity contribution in [2.75, 3.05) is 13.2 Å². The molecule has 0 saturated carbocycles. The van der Waals surface area contributed by atoms with E-state index < -0.39 is 0 Å². The molecular formula is C21H24N2O2S. The number of hydrogen-bond donors (Lipinski definition) is 2. The normalized spacial score (nSPS) is 16.6. The first kappa shape index (κ1) is 17.3. The van der Waals surface area contributed by atoms with Gasteiger partial charge in [0.15, 0.2) is 0 Å². The van der Waals surface area contributed by atoms with Gasteiger partial charge >= 0.3 is 0 Å². The van der Waals surface area contributed by atoms with E-state index in [2.05, 4.69) is 29.2 Å². The summed E-state index contributed by atoms with van der Waals surface area (Å²) >= 11 is 1.67. The van der Waals surface area contributed by atoms with Crippen LogP contribution in [-0.4, -0.2) is 34.0 Å². The molecule has 2 aromatic heterocycles. The highest BCUT2D eigenvalue weighted by Crippen LogP contribution is 2.37. The highest BCUT2D eigenvalue weighted by Gasteiger charge is 2.32. The first-order chi connectivity index (χ1) is 12.8. The fourth-order valence-corrected chi connectivity index (χ4v) is 4.72. The SMILES string of the molecule is O=C(C1CCCc2c1[nH]c1ccccc21)N(CCCO)Cc1cccs1.